The van der Waals surface area contributed by atoms with Crippen LogP contribution in [0.3, 0.4) is 0 Å². The highest BCUT2D eigenvalue weighted by atomic mass is 28.3. The van der Waals surface area contributed by atoms with E-state index in [-0.39, 0.29) is 0 Å². The van der Waals surface area contributed by atoms with Crippen LogP contribution in [0.2, 0.25) is 6.55 Å². The SMILES string of the molecule is Cn1c2ccccc2c2cccc(-c3ccccc3-c3ccccc3-c3ccccc3[Si](C)(c3ccccc3)c3ccccc3)c21. The van der Waals surface area contributed by atoms with Crippen LogP contribution in [0.1, 0.15) is 0 Å². The Kier molecular flexibility index (Phi) is 7.01. The second-order valence-electron chi connectivity index (χ2n) is 12.3. The first-order valence-electron chi connectivity index (χ1n) is 16.0. The molecule has 0 bridgehead atoms. The maximum Gasteiger partial charge on any atom is 0.146 e. The van der Waals surface area contributed by atoms with Gasteiger partial charge in [-0.3, -0.25) is 0 Å². The van der Waals surface area contributed by atoms with Crippen molar-refractivity contribution < 1.29 is 0 Å². The van der Waals surface area contributed by atoms with Crippen molar-refractivity contribution in [2.24, 2.45) is 7.05 Å². The summed E-state index contributed by atoms with van der Waals surface area (Å²) in [4.78, 5) is 0. The minimum Gasteiger partial charge on any atom is -0.343 e. The van der Waals surface area contributed by atoms with E-state index in [0.717, 1.165) is 0 Å². The topological polar surface area (TPSA) is 4.93 Å². The summed E-state index contributed by atoms with van der Waals surface area (Å²) in [6.45, 7) is 2.51. The molecule has 0 radical (unpaired) electrons. The van der Waals surface area contributed by atoms with E-state index in [4.69, 9.17) is 0 Å². The lowest BCUT2D eigenvalue weighted by molar-refractivity contribution is 1.02. The van der Waals surface area contributed by atoms with E-state index < -0.39 is 8.07 Å². The molecule has 1 aromatic heterocycles. The Balaban J connectivity index is 1.37. The second kappa shape index (κ2) is 11.5. The smallest absolute Gasteiger partial charge is 0.146 e. The van der Waals surface area contributed by atoms with Gasteiger partial charge in [0.1, 0.15) is 8.07 Å². The summed E-state index contributed by atoms with van der Waals surface area (Å²) in [7, 11) is -0.178. The van der Waals surface area contributed by atoms with Crippen LogP contribution in [0.5, 0.6) is 0 Å². The van der Waals surface area contributed by atoms with Gasteiger partial charge in [0, 0.05) is 28.9 Å². The number of hydrogen-bond acceptors (Lipinski definition) is 0. The van der Waals surface area contributed by atoms with Crippen molar-refractivity contribution >= 4 is 45.4 Å². The molecule has 0 spiro atoms. The van der Waals surface area contributed by atoms with Crippen molar-refractivity contribution in [2.45, 2.75) is 6.55 Å². The molecule has 0 aliphatic heterocycles. The van der Waals surface area contributed by atoms with Gasteiger partial charge in [-0.25, -0.2) is 0 Å². The molecule has 2 heteroatoms. The number of aromatic nitrogens is 1. The summed E-state index contributed by atoms with van der Waals surface area (Å²) >= 11 is 0. The average Bonchev–Trinajstić information content (AvgIpc) is 3.43. The van der Waals surface area contributed by atoms with Crippen LogP contribution < -0.4 is 15.6 Å². The highest BCUT2D eigenvalue weighted by Gasteiger charge is 2.36. The molecular weight excluding hydrogens is 571 g/mol. The van der Waals surface area contributed by atoms with E-state index >= 15 is 0 Å². The van der Waals surface area contributed by atoms with Crippen LogP contribution in [0, 0.1) is 0 Å². The van der Waals surface area contributed by atoms with Crippen molar-refractivity contribution in [1.29, 1.82) is 0 Å². The third-order valence-electron chi connectivity index (χ3n) is 9.82. The minimum atomic E-state index is -2.37. The van der Waals surface area contributed by atoms with Gasteiger partial charge in [0.15, 0.2) is 0 Å². The third kappa shape index (κ3) is 4.45. The number of fused-ring (bicyclic) bond motifs is 3. The van der Waals surface area contributed by atoms with Gasteiger partial charge in [-0.2, -0.15) is 0 Å². The number of nitrogens with zero attached hydrogens (tertiary/aromatic N) is 1. The first-order chi connectivity index (χ1) is 22.7. The normalized spacial score (nSPS) is 11.7. The minimum absolute atomic E-state index is 1.24. The zero-order valence-electron chi connectivity index (χ0n) is 26.2. The summed E-state index contributed by atoms with van der Waals surface area (Å²) in [6, 6.07) is 64.8. The molecule has 8 rings (SSSR count). The van der Waals surface area contributed by atoms with Crippen molar-refractivity contribution in [1.82, 2.24) is 4.57 Å². The molecule has 0 fully saturated rings. The predicted molar refractivity (Wildman–Crippen MR) is 200 cm³/mol. The first kappa shape index (κ1) is 28.1. The van der Waals surface area contributed by atoms with Crippen LogP contribution in [-0.2, 0) is 7.05 Å². The molecule has 0 saturated carbocycles. The van der Waals surface area contributed by atoms with E-state index in [1.54, 1.807) is 0 Å². The Morgan fingerprint density at radius 2 is 0.783 bits per heavy atom. The van der Waals surface area contributed by atoms with Gasteiger partial charge in [0.25, 0.3) is 0 Å². The van der Waals surface area contributed by atoms with Gasteiger partial charge >= 0.3 is 0 Å². The Labute approximate surface area is 272 Å². The van der Waals surface area contributed by atoms with E-state index in [0.29, 0.717) is 0 Å². The Morgan fingerprint density at radius 3 is 1.39 bits per heavy atom. The van der Waals surface area contributed by atoms with Crippen LogP contribution in [0.15, 0.2) is 176 Å². The molecule has 0 saturated heterocycles. The van der Waals surface area contributed by atoms with Crippen molar-refractivity contribution in [3.8, 4) is 33.4 Å². The fourth-order valence-corrected chi connectivity index (χ4v) is 11.4. The molecule has 0 amide bonds. The lowest BCUT2D eigenvalue weighted by atomic mass is 9.89. The van der Waals surface area contributed by atoms with Gasteiger partial charge in [-0.05, 0) is 49.4 Å². The monoisotopic (exact) mass is 605 g/mol. The van der Waals surface area contributed by atoms with Gasteiger partial charge in [-0.1, -0.05) is 176 Å². The molecule has 0 N–H and O–H groups in total. The van der Waals surface area contributed by atoms with E-state index in [2.05, 4.69) is 194 Å². The Morgan fingerprint density at radius 1 is 0.370 bits per heavy atom. The van der Waals surface area contributed by atoms with E-state index in [9.17, 15) is 0 Å². The quantitative estimate of drug-likeness (QED) is 0.131. The molecule has 0 unspecified atom stereocenters. The molecular formula is C44H35NSi. The average molecular weight is 606 g/mol. The van der Waals surface area contributed by atoms with Crippen LogP contribution in [0.25, 0.3) is 55.2 Å². The third-order valence-corrected chi connectivity index (χ3v) is 14.3. The van der Waals surface area contributed by atoms with Gasteiger partial charge < -0.3 is 4.57 Å². The van der Waals surface area contributed by atoms with Crippen LogP contribution in [0.4, 0.5) is 0 Å². The zero-order valence-corrected chi connectivity index (χ0v) is 27.2. The molecule has 7 aromatic carbocycles. The van der Waals surface area contributed by atoms with Crippen LogP contribution in [-0.4, -0.2) is 12.6 Å². The Hall–Kier alpha value is -5.44. The largest absolute Gasteiger partial charge is 0.343 e. The standard InChI is InChI=1S/C44H35NSi/c1-45-42-30-15-13-26-38(42)41-29-17-28-40(44(41)45)37-25-12-10-23-35(37)34-22-9-11-24-36(34)39-27-14-16-31-43(39)46(2,32-18-5-3-6-19-32)33-20-7-4-8-21-33/h3-31H,1-2H3. The number of aryl methyl sites for hydroxylation is 1. The van der Waals surface area contributed by atoms with Crippen molar-refractivity contribution in [2.75, 3.05) is 0 Å². The number of benzene rings is 7. The fourth-order valence-electron chi connectivity index (χ4n) is 7.53. The van der Waals surface area contributed by atoms with Crippen molar-refractivity contribution in [3.05, 3.63) is 176 Å². The zero-order chi connectivity index (χ0) is 31.1. The predicted octanol–water partition coefficient (Wildman–Crippen LogP) is 9.43. The molecule has 46 heavy (non-hydrogen) atoms. The van der Waals surface area contributed by atoms with E-state index in [1.807, 2.05) is 0 Å². The summed E-state index contributed by atoms with van der Waals surface area (Å²) in [5.41, 5.74) is 10.1. The highest BCUT2D eigenvalue weighted by Crippen LogP contribution is 2.42. The molecule has 1 nitrogen and oxygen atoms in total. The van der Waals surface area contributed by atoms with Gasteiger partial charge in [-0.15, -0.1) is 0 Å². The lowest BCUT2D eigenvalue weighted by Crippen LogP contribution is -2.65. The maximum atomic E-state index is 2.51. The van der Waals surface area contributed by atoms with Crippen molar-refractivity contribution in [3.63, 3.8) is 0 Å². The molecule has 8 aromatic rings. The summed E-state index contributed by atoms with van der Waals surface area (Å²) in [5, 5.41) is 6.83. The molecule has 220 valence electrons. The Bertz CT molecular complexity index is 2290. The second-order valence-corrected chi connectivity index (χ2v) is 16.2. The fraction of sp³-hybridized carbons (Fsp3) is 0.0455. The summed E-state index contributed by atoms with van der Waals surface area (Å²) in [6.07, 6.45) is 0. The van der Waals surface area contributed by atoms with Gasteiger partial charge in [0.05, 0.1) is 5.52 Å². The molecule has 0 aliphatic carbocycles. The first-order valence-corrected chi connectivity index (χ1v) is 18.5. The van der Waals surface area contributed by atoms with Crippen LogP contribution >= 0.6 is 0 Å². The molecule has 1 heterocycles. The van der Waals surface area contributed by atoms with E-state index in [1.165, 1.54) is 70.7 Å². The highest BCUT2D eigenvalue weighted by molar-refractivity contribution is 7.11. The molecule has 0 aliphatic rings. The number of rotatable bonds is 6. The lowest BCUT2D eigenvalue weighted by Gasteiger charge is -2.32. The molecule has 0 atom stereocenters. The summed E-state index contributed by atoms with van der Waals surface area (Å²) < 4.78 is 2.36. The van der Waals surface area contributed by atoms with Gasteiger partial charge in [0.2, 0.25) is 0 Å². The number of para-hydroxylation sites is 2. The summed E-state index contributed by atoms with van der Waals surface area (Å²) in [5.74, 6) is 0. The number of hydrogen-bond donors (Lipinski definition) is 0. The maximum absolute atomic E-state index is 2.51.